The molecular formula is C28H46N6O4. The molecule has 0 radical (unpaired) electrons. The van der Waals surface area contributed by atoms with Crippen LogP contribution in [0, 0.1) is 11.8 Å². The number of nitrogens with two attached hydrogens (primary N) is 2. The van der Waals surface area contributed by atoms with E-state index in [4.69, 9.17) is 30.9 Å². The van der Waals surface area contributed by atoms with Crippen LogP contribution in [0.2, 0.25) is 0 Å². The molecule has 2 saturated carbocycles. The van der Waals surface area contributed by atoms with Crippen molar-refractivity contribution in [1.29, 1.82) is 0 Å². The molecule has 0 aromatic heterocycles. The molecule has 212 valence electrons. The molecule has 38 heavy (non-hydrogen) atoms. The van der Waals surface area contributed by atoms with E-state index in [2.05, 4.69) is 17.6 Å². The van der Waals surface area contributed by atoms with Crippen molar-refractivity contribution >= 4 is 11.8 Å². The summed E-state index contributed by atoms with van der Waals surface area (Å²) in [5.41, 5.74) is 10.1. The van der Waals surface area contributed by atoms with E-state index in [1.165, 1.54) is 26.4 Å². The molecule has 3 aliphatic rings. The Morgan fingerprint density at radius 2 is 1.87 bits per heavy atom. The Hall–Kier alpha value is -2.40. The average molecular weight is 531 g/mol. The number of hydrogen-bond acceptors (Lipinski definition) is 9. The van der Waals surface area contributed by atoms with Gasteiger partial charge in [0.15, 0.2) is 5.85 Å². The second kappa shape index (κ2) is 11.8. The average Bonchev–Trinajstić information content (AvgIpc) is 3.50. The van der Waals surface area contributed by atoms with Crippen molar-refractivity contribution in [3.63, 3.8) is 0 Å². The highest BCUT2D eigenvalue weighted by molar-refractivity contribution is 5.98. The number of hydrogen-bond donors (Lipinski definition) is 3. The summed E-state index contributed by atoms with van der Waals surface area (Å²) in [6.45, 7) is 9.30. The summed E-state index contributed by atoms with van der Waals surface area (Å²) in [4.78, 5) is 14.5. The van der Waals surface area contributed by atoms with Crippen molar-refractivity contribution in [2.75, 3.05) is 26.7 Å². The normalized spacial score (nSPS) is 26.9. The number of hydrazine groups is 1. The fourth-order valence-electron chi connectivity index (χ4n) is 5.49. The van der Waals surface area contributed by atoms with Crippen LogP contribution in [0.4, 0.5) is 4.79 Å². The molecule has 1 amide bonds. The van der Waals surface area contributed by atoms with Crippen LogP contribution in [0.3, 0.4) is 0 Å². The zero-order chi connectivity index (χ0) is 27.5. The fraction of sp³-hybridized carbons (Fsp3) is 0.714. The largest absolute Gasteiger partial charge is 0.490 e. The van der Waals surface area contributed by atoms with E-state index in [-0.39, 0.29) is 12.1 Å². The maximum atomic E-state index is 12.8. The van der Waals surface area contributed by atoms with Crippen LogP contribution in [0.1, 0.15) is 71.8 Å². The number of carbonyl (C=O) groups excluding carboxylic acids is 1. The van der Waals surface area contributed by atoms with E-state index in [1.807, 2.05) is 44.8 Å². The number of methoxy groups -OCH3 is 1. The second-order valence-corrected chi connectivity index (χ2v) is 12.1. The zero-order valence-corrected chi connectivity index (χ0v) is 23.6. The number of fused-ring (bicyclic) bond motifs is 1. The fourth-order valence-corrected chi connectivity index (χ4v) is 5.49. The smallest absolute Gasteiger partial charge is 0.410 e. The molecule has 4 atom stereocenters. The molecule has 3 fully saturated rings. The third kappa shape index (κ3) is 7.59. The quantitative estimate of drug-likeness (QED) is 0.182. The molecule has 1 aliphatic heterocycles. The summed E-state index contributed by atoms with van der Waals surface area (Å²) >= 11 is 0. The lowest BCUT2D eigenvalue weighted by molar-refractivity contribution is -0.0515. The lowest BCUT2D eigenvalue weighted by Gasteiger charge is -2.39. The maximum Gasteiger partial charge on any atom is 0.410 e. The highest BCUT2D eigenvalue weighted by atomic mass is 16.6. The molecule has 0 bridgehead atoms. The molecule has 5 N–H and O–H groups in total. The van der Waals surface area contributed by atoms with Crippen molar-refractivity contribution in [3.8, 4) is 5.75 Å². The van der Waals surface area contributed by atoms with Gasteiger partial charge in [-0.1, -0.05) is 0 Å². The van der Waals surface area contributed by atoms with Gasteiger partial charge in [-0.25, -0.2) is 10.2 Å². The van der Waals surface area contributed by atoms with Gasteiger partial charge in [0, 0.05) is 33.2 Å². The third-order valence-corrected chi connectivity index (χ3v) is 7.84. The monoisotopic (exact) mass is 530 g/mol. The Kier molecular flexibility index (Phi) is 8.86. The van der Waals surface area contributed by atoms with E-state index in [0.29, 0.717) is 32.2 Å². The first kappa shape index (κ1) is 28.6. The molecule has 1 aromatic rings. The van der Waals surface area contributed by atoms with Gasteiger partial charge in [0.2, 0.25) is 0 Å². The predicted octanol–water partition coefficient (Wildman–Crippen LogP) is 3.40. The van der Waals surface area contributed by atoms with Gasteiger partial charge in [-0.15, -0.1) is 0 Å². The molecule has 10 nitrogen and oxygen atoms in total. The van der Waals surface area contributed by atoms with Gasteiger partial charge in [0.25, 0.3) is 0 Å². The lowest BCUT2D eigenvalue weighted by Crippen LogP contribution is -2.60. The Morgan fingerprint density at radius 1 is 1.18 bits per heavy atom. The third-order valence-electron chi connectivity index (χ3n) is 7.84. The van der Waals surface area contributed by atoms with Crippen LogP contribution in [0.5, 0.6) is 5.75 Å². The Labute approximate surface area is 227 Å². The molecule has 4 rings (SSSR count). The number of hydrazone groups is 1. The van der Waals surface area contributed by atoms with E-state index < -0.39 is 11.4 Å². The summed E-state index contributed by atoms with van der Waals surface area (Å²) < 4.78 is 17.2. The highest BCUT2D eigenvalue weighted by Gasteiger charge is 2.46. The SMILES string of the molecule is COC(N)(CCN(/N=C(\C)c1ccc(OC2CC3CC3C2)cc1)[C@@H]1CCCN(C(=O)OC(C)(C)C)C1)NN. The summed E-state index contributed by atoms with van der Waals surface area (Å²) in [7, 11) is 1.52. The second-order valence-electron chi connectivity index (χ2n) is 12.1. The minimum absolute atomic E-state index is 0.00140. The van der Waals surface area contributed by atoms with Gasteiger partial charge in [-0.2, -0.15) is 5.10 Å². The minimum Gasteiger partial charge on any atom is -0.490 e. The van der Waals surface area contributed by atoms with Crippen molar-refractivity contribution < 1.29 is 19.0 Å². The van der Waals surface area contributed by atoms with Gasteiger partial charge in [-0.05, 0) is 101 Å². The number of likely N-dealkylation sites (tertiary alicyclic amines) is 1. The Morgan fingerprint density at radius 3 is 2.47 bits per heavy atom. The van der Waals surface area contributed by atoms with Crippen LogP contribution >= 0.6 is 0 Å². The number of amides is 1. The van der Waals surface area contributed by atoms with E-state index in [9.17, 15) is 4.79 Å². The number of rotatable bonds is 10. The molecule has 1 heterocycles. The van der Waals surface area contributed by atoms with Crippen LogP contribution in [0.15, 0.2) is 29.4 Å². The lowest BCUT2D eigenvalue weighted by atomic mass is 10.0. The van der Waals surface area contributed by atoms with Crippen molar-refractivity contribution in [2.24, 2.45) is 28.5 Å². The summed E-state index contributed by atoms with van der Waals surface area (Å²) in [5, 5.41) is 7.02. The molecule has 2 aliphatic carbocycles. The first-order valence-electron chi connectivity index (χ1n) is 13.9. The summed E-state index contributed by atoms with van der Waals surface area (Å²) in [5.74, 6) is 7.16. The van der Waals surface area contributed by atoms with Gasteiger partial charge in [-0.3, -0.25) is 16.6 Å². The highest BCUT2D eigenvalue weighted by Crippen LogP contribution is 2.52. The Balaban J connectivity index is 1.46. The predicted molar refractivity (Wildman–Crippen MR) is 147 cm³/mol. The van der Waals surface area contributed by atoms with Crippen LogP contribution < -0.4 is 21.7 Å². The number of ether oxygens (including phenoxy) is 3. The molecule has 10 heteroatoms. The number of benzene rings is 1. The van der Waals surface area contributed by atoms with E-state index in [0.717, 1.165) is 41.7 Å². The number of nitrogens with zero attached hydrogens (tertiary/aromatic N) is 3. The summed E-state index contributed by atoms with van der Waals surface area (Å²) in [6.07, 6.45) is 5.96. The molecule has 1 aromatic carbocycles. The van der Waals surface area contributed by atoms with E-state index >= 15 is 0 Å². The van der Waals surface area contributed by atoms with Gasteiger partial charge in [0.1, 0.15) is 11.4 Å². The van der Waals surface area contributed by atoms with Gasteiger partial charge in [0.05, 0.1) is 17.9 Å². The maximum absolute atomic E-state index is 12.8. The topological polar surface area (TPSA) is 128 Å². The standard InChI is InChI=1S/C28H46N6O4/c1-19(20-8-10-24(11-9-20)37-25-16-21-15-22(21)17-25)31-34(14-12-28(29,32-30)36-5)23-7-6-13-33(18-23)26(35)38-27(2,3)4/h8-11,21-23,25,32H,6-7,12-18,29-30H2,1-5H3/b31-19+/t21?,22?,23-,25?,28?/m1/s1. The number of piperidine rings is 1. The van der Waals surface area contributed by atoms with Crippen molar-refractivity contribution in [1.82, 2.24) is 15.3 Å². The number of nitrogens with one attached hydrogen (secondary N) is 1. The zero-order valence-electron chi connectivity index (χ0n) is 23.6. The first-order chi connectivity index (χ1) is 18.0. The summed E-state index contributed by atoms with van der Waals surface area (Å²) in [6, 6.07) is 8.17. The van der Waals surface area contributed by atoms with E-state index in [1.54, 1.807) is 4.90 Å². The van der Waals surface area contributed by atoms with Gasteiger partial charge >= 0.3 is 6.09 Å². The molecule has 1 saturated heterocycles. The molecular weight excluding hydrogens is 484 g/mol. The Bertz CT molecular complexity index is 965. The molecule has 0 spiro atoms. The van der Waals surface area contributed by atoms with Gasteiger partial charge < -0.3 is 19.1 Å². The minimum atomic E-state index is -1.18. The van der Waals surface area contributed by atoms with Crippen LogP contribution in [0.25, 0.3) is 0 Å². The number of carbonyl (C=O) groups is 1. The molecule has 3 unspecified atom stereocenters. The van der Waals surface area contributed by atoms with Crippen LogP contribution in [-0.4, -0.2) is 72.1 Å². The first-order valence-corrected chi connectivity index (χ1v) is 13.9. The van der Waals surface area contributed by atoms with Crippen molar-refractivity contribution in [2.45, 2.75) is 89.8 Å². The van der Waals surface area contributed by atoms with Crippen molar-refractivity contribution in [3.05, 3.63) is 29.8 Å². The van der Waals surface area contributed by atoms with Crippen LogP contribution in [-0.2, 0) is 9.47 Å².